The van der Waals surface area contributed by atoms with E-state index in [-0.39, 0.29) is 6.03 Å². The molecule has 5 heteroatoms. The first kappa shape index (κ1) is 13.2. The lowest BCUT2D eigenvalue weighted by atomic mass is 9.98. The largest absolute Gasteiger partial charge is 0.385 e. The predicted octanol–water partition coefficient (Wildman–Crippen LogP) is 1.63. The molecule has 108 valence electrons. The van der Waals surface area contributed by atoms with Crippen LogP contribution in [0.3, 0.4) is 0 Å². The Bertz CT molecular complexity index is 453. The Kier molecular flexibility index (Phi) is 4.06. The van der Waals surface area contributed by atoms with E-state index in [2.05, 4.69) is 28.1 Å². The maximum absolute atomic E-state index is 11.6. The van der Waals surface area contributed by atoms with Gasteiger partial charge in [0.25, 0.3) is 0 Å². The molecule has 5 nitrogen and oxygen atoms in total. The Hall–Kier alpha value is -1.75. The van der Waals surface area contributed by atoms with Crippen molar-refractivity contribution in [3.8, 4) is 0 Å². The topological polar surface area (TPSA) is 56.4 Å². The molecular formula is C15H22N4O. The summed E-state index contributed by atoms with van der Waals surface area (Å²) in [7, 11) is 0. The number of rotatable bonds is 4. The van der Waals surface area contributed by atoms with Crippen molar-refractivity contribution in [1.82, 2.24) is 10.6 Å². The van der Waals surface area contributed by atoms with Crippen LogP contribution in [0.4, 0.5) is 16.2 Å². The number of nitrogens with zero attached hydrogens (tertiary/aromatic N) is 1. The fourth-order valence-corrected chi connectivity index (χ4v) is 2.83. The van der Waals surface area contributed by atoms with Gasteiger partial charge in [0.1, 0.15) is 0 Å². The van der Waals surface area contributed by atoms with Crippen molar-refractivity contribution in [1.29, 1.82) is 0 Å². The normalized spacial score (nSPS) is 20.0. The van der Waals surface area contributed by atoms with Crippen molar-refractivity contribution in [2.24, 2.45) is 5.92 Å². The summed E-state index contributed by atoms with van der Waals surface area (Å²) in [5, 5.41) is 9.70. The maximum Gasteiger partial charge on any atom is 0.321 e. The van der Waals surface area contributed by atoms with Crippen molar-refractivity contribution < 1.29 is 4.79 Å². The first-order valence-corrected chi connectivity index (χ1v) is 7.43. The molecule has 2 aliphatic heterocycles. The van der Waals surface area contributed by atoms with E-state index < -0.39 is 0 Å². The lowest BCUT2D eigenvalue weighted by molar-refractivity contribution is 0.252. The molecule has 0 atom stereocenters. The average Bonchev–Trinajstić information content (AvgIpc) is 2.93. The molecule has 1 aromatic carbocycles. The third-order valence-corrected chi connectivity index (χ3v) is 4.09. The Balaban J connectivity index is 1.54. The van der Waals surface area contributed by atoms with E-state index in [1.807, 2.05) is 12.1 Å². The molecule has 2 fully saturated rings. The highest BCUT2D eigenvalue weighted by molar-refractivity contribution is 5.94. The monoisotopic (exact) mass is 274 g/mol. The second kappa shape index (κ2) is 6.13. The lowest BCUT2D eigenvalue weighted by Gasteiger charge is -2.23. The standard InChI is InChI=1S/C15H22N4O/c20-15-17-9-10-19(15)14-3-1-13(2-4-14)18-11-12-5-7-16-8-6-12/h1-4,12,16,18H,5-11H2,(H,17,20). The van der Waals surface area contributed by atoms with E-state index in [9.17, 15) is 4.79 Å². The number of hydrogen-bond acceptors (Lipinski definition) is 3. The number of nitrogens with one attached hydrogen (secondary N) is 3. The third-order valence-electron chi connectivity index (χ3n) is 4.09. The summed E-state index contributed by atoms with van der Waals surface area (Å²) in [6, 6.07) is 8.13. The second-order valence-corrected chi connectivity index (χ2v) is 5.50. The number of carbonyl (C=O) groups is 1. The molecule has 0 saturated carbocycles. The van der Waals surface area contributed by atoms with Gasteiger partial charge in [0.2, 0.25) is 0 Å². The molecule has 0 spiro atoms. The number of amides is 2. The fourth-order valence-electron chi connectivity index (χ4n) is 2.83. The third kappa shape index (κ3) is 3.04. The minimum atomic E-state index is 0.000384. The zero-order chi connectivity index (χ0) is 13.8. The number of piperidine rings is 1. The Morgan fingerprint density at radius 1 is 1.15 bits per heavy atom. The van der Waals surface area contributed by atoms with Gasteiger partial charge in [-0.15, -0.1) is 0 Å². The molecule has 1 aromatic rings. The summed E-state index contributed by atoms with van der Waals surface area (Å²) in [4.78, 5) is 13.4. The Morgan fingerprint density at radius 2 is 1.90 bits per heavy atom. The number of urea groups is 1. The van der Waals surface area contributed by atoms with Gasteiger partial charge in [0, 0.05) is 31.0 Å². The van der Waals surface area contributed by atoms with Gasteiger partial charge in [-0.3, -0.25) is 4.90 Å². The molecule has 0 unspecified atom stereocenters. The van der Waals surface area contributed by atoms with Crippen molar-refractivity contribution in [2.45, 2.75) is 12.8 Å². The van der Waals surface area contributed by atoms with E-state index in [0.717, 1.165) is 50.0 Å². The van der Waals surface area contributed by atoms with Crippen LogP contribution < -0.4 is 20.9 Å². The fraction of sp³-hybridized carbons (Fsp3) is 0.533. The van der Waals surface area contributed by atoms with Gasteiger partial charge in [0.15, 0.2) is 0 Å². The number of carbonyl (C=O) groups excluding carboxylic acids is 1. The number of anilines is 2. The van der Waals surface area contributed by atoms with E-state index in [4.69, 9.17) is 0 Å². The van der Waals surface area contributed by atoms with Gasteiger partial charge >= 0.3 is 6.03 Å². The van der Waals surface area contributed by atoms with E-state index in [0.29, 0.717) is 0 Å². The molecular weight excluding hydrogens is 252 g/mol. The van der Waals surface area contributed by atoms with E-state index >= 15 is 0 Å². The van der Waals surface area contributed by atoms with Crippen molar-refractivity contribution in [3.05, 3.63) is 24.3 Å². The van der Waals surface area contributed by atoms with Gasteiger partial charge in [-0.1, -0.05) is 0 Å². The first-order chi connectivity index (χ1) is 9.83. The maximum atomic E-state index is 11.6. The van der Waals surface area contributed by atoms with Gasteiger partial charge in [-0.05, 0) is 56.1 Å². The first-order valence-electron chi connectivity index (χ1n) is 7.43. The highest BCUT2D eigenvalue weighted by atomic mass is 16.2. The van der Waals surface area contributed by atoms with Crippen LogP contribution in [0.25, 0.3) is 0 Å². The summed E-state index contributed by atoms with van der Waals surface area (Å²) in [5.74, 6) is 0.764. The Morgan fingerprint density at radius 3 is 2.55 bits per heavy atom. The zero-order valence-corrected chi connectivity index (χ0v) is 11.7. The van der Waals surface area contributed by atoms with Crippen LogP contribution in [0, 0.1) is 5.92 Å². The predicted molar refractivity (Wildman–Crippen MR) is 81.3 cm³/mol. The SMILES string of the molecule is O=C1NCCN1c1ccc(NCC2CCNCC2)cc1. The smallest absolute Gasteiger partial charge is 0.321 e. The van der Waals surface area contributed by atoms with Crippen LogP contribution >= 0.6 is 0 Å². The highest BCUT2D eigenvalue weighted by Gasteiger charge is 2.20. The quantitative estimate of drug-likeness (QED) is 0.782. The van der Waals surface area contributed by atoms with Gasteiger partial charge in [0.05, 0.1) is 0 Å². The van der Waals surface area contributed by atoms with Crippen LogP contribution in [0.2, 0.25) is 0 Å². The molecule has 0 aliphatic carbocycles. The molecule has 3 N–H and O–H groups in total. The second-order valence-electron chi connectivity index (χ2n) is 5.50. The molecule has 20 heavy (non-hydrogen) atoms. The van der Waals surface area contributed by atoms with Gasteiger partial charge in [-0.25, -0.2) is 4.79 Å². The highest BCUT2D eigenvalue weighted by Crippen LogP contribution is 2.20. The zero-order valence-electron chi connectivity index (χ0n) is 11.7. The number of benzene rings is 1. The summed E-state index contributed by atoms with van der Waals surface area (Å²) < 4.78 is 0. The molecule has 0 aromatic heterocycles. The summed E-state index contributed by atoms with van der Waals surface area (Å²) in [5.41, 5.74) is 2.10. The van der Waals surface area contributed by atoms with Crippen molar-refractivity contribution >= 4 is 17.4 Å². The number of hydrogen-bond donors (Lipinski definition) is 3. The van der Waals surface area contributed by atoms with Gasteiger partial charge in [-0.2, -0.15) is 0 Å². The Labute approximate surface area is 119 Å². The minimum Gasteiger partial charge on any atom is -0.385 e. The molecule has 2 saturated heterocycles. The van der Waals surface area contributed by atoms with Crippen LogP contribution in [-0.2, 0) is 0 Å². The summed E-state index contributed by atoms with van der Waals surface area (Å²) in [6.07, 6.45) is 2.50. The van der Waals surface area contributed by atoms with Gasteiger partial charge < -0.3 is 16.0 Å². The summed E-state index contributed by atoms with van der Waals surface area (Å²) in [6.45, 7) is 4.78. The molecule has 0 bridgehead atoms. The van der Waals surface area contributed by atoms with Crippen LogP contribution in [0.5, 0.6) is 0 Å². The summed E-state index contributed by atoms with van der Waals surface area (Å²) >= 11 is 0. The van der Waals surface area contributed by atoms with Crippen LogP contribution in [0.1, 0.15) is 12.8 Å². The minimum absolute atomic E-state index is 0.000384. The van der Waals surface area contributed by atoms with E-state index in [1.165, 1.54) is 12.8 Å². The lowest BCUT2D eigenvalue weighted by Crippen LogP contribution is -2.31. The van der Waals surface area contributed by atoms with Crippen molar-refractivity contribution in [2.75, 3.05) is 42.9 Å². The molecule has 2 heterocycles. The molecule has 2 aliphatic rings. The molecule has 0 radical (unpaired) electrons. The average molecular weight is 274 g/mol. The van der Waals surface area contributed by atoms with Crippen molar-refractivity contribution in [3.63, 3.8) is 0 Å². The molecule has 3 rings (SSSR count). The van der Waals surface area contributed by atoms with Crippen LogP contribution in [0.15, 0.2) is 24.3 Å². The van der Waals surface area contributed by atoms with Crippen LogP contribution in [-0.4, -0.2) is 38.8 Å². The van der Waals surface area contributed by atoms with E-state index in [1.54, 1.807) is 4.90 Å². The molecule has 2 amide bonds.